The fraction of sp³-hybridized carbons (Fsp3) is 0.308. The van der Waals surface area contributed by atoms with Gasteiger partial charge < -0.3 is 0 Å². The van der Waals surface area contributed by atoms with E-state index in [1.807, 2.05) is 12.3 Å². The summed E-state index contributed by atoms with van der Waals surface area (Å²) in [4.78, 5) is 4.07. The molecule has 0 aliphatic heterocycles. The van der Waals surface area contributed by atoms with Crippen LogP contribution in [0.3, 0.4) is 0 Å². The molecule has 2 rings (SSSR count). The molecule has 0 amide bonds. The van der Waals surface area contributed by atoms with Crippen LogP contribution in [0.15, 0.2) is 36.7 Å². The van der Waals surface area contributed by atoms with E-state index in [1.165, 1.54) is 17.2 Å². The van der Waals surface area contributed by atoms with Gasteiger partial charge in [0, 0.05) is 35.5 Å². The van der Waals surface area contributed by atoms with E-state index in [4.69, 9.17) is 0 Å². The standard InChI is InChI=1S/C13H15NO2S2/c1-18(15,16)7-6-17-10-11-2-3-13-9-14-5-4-12(13)8-11/h2-5,8-9H,6-7,10H2,1H3. The first kappa shape index (κ1) is 13.4. The van der Waals surface area contributed by atoms with Crippen molar-refractivity contribution >= 4 is 32.4 Å². The molecule has 0 bridgehead atoms. The Labute approximate surface area is 112 Å². The summed E-state index contributed by atoms with van der Waals surface area (Å²) in [5.74, 6) is 1.73. The summed E-state index contributed by atoms with van der Waals surface area (Å²) >= 11 is 1.65. The number of rotatable bonds is 5. The molecule has 0 saturated heterocycles. The van der Waals surface area contributed by atoms with E-state index in [0.29, 0.717) is 5.75 Å². The second-order valence-electron chi connectivity index (χ2n) is 4.24. The Balaban J connectivity index is 1.96. The van der Waals surface area contributed by atoms with Crippen LogP contribution in [0.2, 0.25) is 0 Å². The van der Waals surface area contributed by atoms with Crippen molar-refractivity contribution in [3.05, 3.63) is 42.2 Å². The van der Waals surface area contributed by atoms with Crippen molar-refractivity contribution in [3.63, 3.8) is 0 Å². The fourth-order valence-corrected chi connectivity index (χ4v) is 3.86. The average Bonchev–Trinajstić information content (AvgIpc) is 2.33. The lowest BCUT2D eigenvalue weighted by molar-refractivity contribution is 0.603. The lowest BCUT2D eigenvalue weighted by atomic mass is 10.1. The molecule has 0 unspecified atom stereocenters. The van der Waals surface area contributed by atoms with E-state index in [0.717, 1.165) is 11.1 Å². The number of sulfone groups is 1. The largest absolute Gasteiger partial charge is 0.264 e. The Kier molecular flexibility index (Phi) is 4.24. The van der Waals surface area contributed by atoms with Crippen LogP contribution in [-0.4, -0.2) is 31.2 Å². The molecule has 0 fully saturated rings. The summed E-state index contributed by atoms with van der Waals surface area (Å²) in [5.41, 5.74) is 1.22. The number of nitrogens with zero attached hydrogens (tertiary/aromatic N) is 1. The molecular weight excluding hydrogens is 266 g/mol. The molecule has 0 aliphatic carbocycles. The lowest BCUT2D eigenvalue weighted by Crippen LogP contribution is -2.05. The first-order valence-corrected chi connectivity index (χ1v) is 8.84. The van der Waals surface area contributed by atoms with Gasteiger partial charge in [-0.25, -0.2) is 8.42 Å². The highest BCUT2D eigenvalue weighted by molar-refractivity contribution is 7.99. The summed E-state index contributed by atoms with van der Waals surface area (Å²) in [5, 5.41) is 2.30. The van der Waals surface area contributed by atoms with Crippen molar-refractivity contribution in [3.8, 4) is 0 Å². The van der Waals surface area contributed by atoms with Crippen LogP contribution in [0.5, 0.6) is 0 Å². The highest BCUT2D eigenvalue weighted by Gasteiger charge is 2.02. The minimum absolute atomic E-state index is 0.245. The molecule has 3 nitrogen and oxygen atoms in total. The first-order chi connectivity index (χ1) is 8.54. The fourth-order valence-electron chi connectivity index (χ4n) is 1.62. The number of benzene rings is 1. The average molecular weight is 281 g/mol. The molecule has 2 aromatic rings. The third kappa shape index (κ3) is 3.99. The molecule has 1 aromatic heterocycles. The van der Waals surface area contributed by atoms with Gasteiger partial charge in [0.1, 0.15) is 9.84 Å². The number of thioether (sulfide) groups is 1. The van der Waals surface area contributed by atoms with Crippen LogP contribution >= 0.6 is 11.8 Å². The topological polar surface area (TPSA) is 47.0 Å². The molecule has 0 radical (unpaired) electrons. The Morgan fingerprint density at radius 3 is 2.83 bits per heavy atom. The summed E-state index contributed by atoms with van der Waals surface area (Å²) in [6.45, 7) is 0. The maximum atomic E-state index is 11.0. The zero-order valence-corrected chi connectivity index (χ0v) is 11.8. The highest BCUT2D eigenvalue weighted by Crippen LogP contribution is 2.18. The molecule has 1 aromatic carbocycles. The molecule has 96 valence electrons. The predicted molar refractivity (Wildman–Crippen MR) is 77.6 cm³/mol. The monoisotopic (exact) mass is 281 g/mol. The second-order valence-corrected chi connectivity index (χ2v) is 7.60. The Hall–Kier alpha value is -1.07. The van der Waals surface area contributed by atoms with Crippen LogP contribution in [0.25, 0.3) is 10.8 Å². The second kappa shape index (κ2) is 5.71. The van der Waals surface area contributed by atoms with Crippen LogP contribution in [0.4, 0.5) is 0 Å². The van der Waals surface area contributed by atoms with E-state index < -0.39 is 9.84 Å². The van der Waals surface area contributed by atoms with E-state index in [2.05, 4.69) is 23.2 Å². The highest BCUT2D eigenvalue weighted by atomic mass is 32.2. The molecule has 18 heavy (non-hydrogen) atoms. The van der Waals surface area contributed by atoms with Crippen molar-refractivity contribution in [1.82, 2.24) is 4.98 Å². The first-order valence-electron chi connectivity index (χ1n) is 5.63. The van der Waals surface area contributed by atoms with Gasteiger partial charge in [0.05, 0.1) is 5.75 Å². The minimum Gasteiger partial charge on any atom is -0.264 e. The van der Waals surface area contributed by atoms with Crippen LogP contribution in [0.1, 0.15) is 5.56 Å². The Bertz CT molecular complexity index is 638. The van der Waals surface area contributed by atoms with E-state index in [-0.39, 0.29) is 5.75 Å². The Morgan fingerprint density at radius 2 is 2.06 bits per heavy atom. The van der Waals surface area contributed by atoms with Crippen molar-refractivity contribution in [1.29, 1.82) is 0 Å². The predicted octanol–water partition coefficient (Wildman–Crippen LogP) is 2.51. The van der Waals surface area contributed by atoms with E-state index >= 15 is 0 Å². The van der Waals surface area contributed by atoms with Crippen LogP contribution < -0.4 is 0 Å². The summed E-state index contributed by atoms with van der Waals surface area (Å²) < 4.78 is 22.0. The number of hydrogen-bond acceptors (Lipinski definition) is 4. The summed E-state index contributed by atoms with van der Waals surface area (Å²) in [6, 6.07) is 8.23. The Morgan fingerprint density at radius 1 is 1.22 bits per heavy atom. The van der Waals surface area contributed by atoms with Crippen molar-refractivity contribution in [2.45, 2.75) is 5.75 Å². The van der Waals surface area contributed by atoms with Gasteiger partial charge in [-0.15, -0.1) is 0 Å². The smallest absolute Gasteiger partial charge is 0.148 e. The maximum Gasteiger partial charge on any atom is 0.148 e. The van der Waals surface area contributed by atoms with Gasteiger partial charge in [-0.1, -0.05) is 18.2 Å². The summed E-state index contributed by atoms with van der Waals surface area (Å²) in [6.07, 6.45) is 4.90. The maximum absolute atomic E-state index is 11.0. The molecule has 5 heteroatoms. The van der Waals surface area contributed by atoms with Crippen LogP contribution in [0, 0.1) is 0 Å². The number of pyridine rings is 1. The molecule has 0 atom stereocenters. The van der Waals surface area contributed by atoms with Crippen molar-refractivity contribution in [2.24, 2.45) is 0 Å². The quantitative estimate of drug-likeness (QED) is 0.790. The number of fused-ring (bicyclic) bond motifs is 1. The SMILES string of the molecule is CS(=O)(=O)CCSCc1ccc2cnccc2c1. The number of hydrogen-bond donors (Lipinski definition) is 0. The minimum atomic E-state index is -2.84. The van der Waals surface area contributed by atoms with Gasteiger partial charge >= 0.3 is 0 Å². The molecule has 0 saturated carbocycles. The number of aromatic nitrogens is 1. The zero-order valence-electron chi connectivity index (χ0n) is 10.2. The zero-order chi connectivity index (χ0) is 13.0. The van der Waals surface area contributed by atoms with Gasteiger partial charge in [0.15, 0.2) is 0 Å². The van der Waals surface area contributed by atoms with E-state index in [9.17, 15) is 8.42 Å². The normalized spacial score (nSPS) is 11.8. The molecule has 1 heterocycles. The molecule has 0 spiro atoms. The molecule has 0 aliphatic rings. The van der Waals surface area contributed by atoms with Crippen molar-refractivity contribution < 1.29 is 8.42 Å². The third-order valence-electron chi connectivity index (χ3n) is 2.57. The third-order valence-corrected chi connectivity index (χ3v) is 4.81. The van der Waals surface area contributed by atoms with Gasteiger partial charge in [0.2, 0.25) is 0 Å². The van der Waals surface area contributed by atoms with E-state index in [1.54, 1.807) is 18.0 Å². The van der Waals surface area contributed by atoms with Gasteiger partial charge in [-0.3, -0.25) is 4.98 Å². The van der Waals surface area contributed by atoms with Gasteiger partial charge in [-0.05, 0) is 17.0 Å². The van der Waals surface area contributed by atoms with Crippen molar-refractivity contribution in [2.75, 3.05) is 17.8 Å². The lowest BCUT2D eigenvalue weighted by Gasteiger charge is -2.03. The van der Waals surface area contributed by atoms with Gasteiger partial charge in [0.25, 0.3) is 0 Å². The molecular formula is C13H15NO2S2. The van der Waals surface area contributed by atoms with Gasteiger partial charge in [-0.2, -0.15) is 11.8 Å². The van der Waals surface area contributed by atoms with Crippen LogP contribution in [-0.2, 0) is 15.6 Å². The molecule has 0 N–H and O–H groups in total. The summed E-state index contributed by atoms with van der Waals surface area (Å²) in [7, 11) is -2.84.